The Morgan fingerprint density at radius 3 is 2.46 bits per heavy atom. The van der Waals surface area contributed by atoms with Crippen molar-refractivity contribution in [2.45, 2.75) is 44.1 Å². The SMILES string of the molecule is O=C(N/N=C/c1ccc2ccccc2n1)NC12CC3CC(CC(C3)C1)C2. The third-order valence-corrected chi connectivity index (χ3v) is 6.40. The van der Waals surface area contributed by atoms with Crippen molar-refractivity contribution in [3.63, 3.8) is 0 Å². The molecular formula is C21H24N4O. The zero-order valence-corrected chi connectivity index (χ0v) is 14.8. The summed E-state index contributed by atoms with van der Waals surface area (Å²) >= 11 is 0. The molecule has 6 rings (SSSR count). The van der Waals surface area contributed by atoms with E-state index in [9.17, 15) is 4.79 Å². The van der Waals surface area contributed by atoms with Crippen LogP contribution < -0.4 is 10.7 Å². The molecule has 0 spiro atoms. The van der Waals surface area contributed by atoms with Crippen LogP contribution in [0.3, 0.4) is 0 Å². The van der Waals surface area contributed by atoms with Gasteiger partial charge < -0.3 is 5.32 Å². The van der Waals surface area contributed by atoms with Crippen LogP contribution in [0.2, 0.25) is 0 Å². The minimum atomic E-state index is -0.191. The van der Waals surface area contributed by atoms with Gasteiger partial charge in [-0.25, -0.2) is 15.2 Å². The van der Waals surface area contributed by atoms with Crippen molar-refractivity contribution in [3.05, 3.63) is 42.1 Å². The number of hydrazone groups is 1. The van der Waals surface area contributed by atoms with Gasteiger partial charge >= 0.3 is 6.03 Å². The number of carbonyl (C=O) groups is 1. The van der Waals surface area contributed by atoms with Gasteiger partial charge in [-0.1, -0.05) is 24.3 Å². The standard InChI is InChI=1S/C21H24N4O/c26-20(24-21-10-14-7-15(11-21)9-16(8-14)12-21)25-22-13-18-6-5-17-3-1-2-4-19(17)23-18/h1-6,13-16H,7-12H2,(H2,24,25,26)/b22-13+. The van der Waals surface area contributed by atoms with Crippen molar-refractivity contribution < 1.29 is 4.79 Å². The summed E-state index contributed by atoms with van der Waals surface area (Å²) in [7, 11) is 0. The minimum Gasteiger partial charge on any atom is -0.331 e. The van der Waals surface area contributed by atoms with Gasteiger partial charge in [0.1, 0.15) is 0 Å². The Morgan fingerprint density at radius 2 is 1.73 bits per heavy atom. The van der Waals surface area contributed by atoms with Gasteiger partial charge in [0.05, 0.1) is 17.4 Å². The molecule has 0 unspecified atom stereocenters. The van der Waals surface area contributed by atoms with Crippen molar-refractivity contribution in [1.82, 2.24) is 15.7 Å². The quantitative estimate of drug-likeness (QED) is 0.654. The number of amides is 2. The summed E-state index contributed by atoms with van der Waals surface area (Å²) in [5, 5.41) is 8.45. The van der Waals surface area contributed by atoms with Gasteiger partial charge in [0.2, 0.25) is 0 Å². The Kier molecular flexibility index (Phi) is 3.69. The highest BCUT2D eigenvalue weighted by Gasteiger charge is 2.51. The average molecular weight is 348 g/mol. The smallest absolute Gasteiger partial charge is 0.331 e. The van der Waals surface area contributed by atoms with Gasteiger partial charge in [0.25, 0.3) is 0 Å². The summed E-state index contributed by atoms with van der Waals surface area (Å²) in [4.78, 5) is 16.9. The zero-order valence-electron chi connectivity index (χ0n) is 14.8. The van der Waals surface area contributed by atoms with Crippen LogP contribution in [-0.2, 0) is 0 Å². The van der Waals surface area contributed by atoms with E-state index in [4.69, 9.17) is 0 Å². The molecule has 4 saturated carbocycles. The molecule has 134 valence electrons. The summed E-state index contributed by atoms with van der Waals surface area (Å²) in [5.74, 6) is 2.44. The van der Waals surface area contributed by atoms with Crippen molar-refractivity contribution in [3.8, 4) is 0 Å². The highest BCUT2D eigenvalue weighted by molar-refractivity contribution is 5.85. The number of carbonyl (C=O) groups excluding carboxylic acids is 1. The van der Waals surface area contributed by atoms with Gasteiger partial charge in [-0.15, -0.1) is 0 Å². The van der Waals surface area contributed by atoms with E-state index in [1.807, 2.05) is 36.4 Å². The van der Waals surface area contributed by atoms with E-state index in [2.05, 4.69) is 20.8 Å². The molecule has 2 N–H and O–H groups in total. The summed E-state index contributed by atoms with van der Waals surface area (Å²) in [6, 6.07) is 11.7. The summed E-state index contributed by atoms with van der Waals surface area (Å²) in [6.45, 7) is 0. The van der Waals surface area contributed by atoms with Crippen molar-refractivity contribution in [1.29, 1.82) is 0 Å². The topological polar surface area (TPSA) is 66.4 Å². The molecule has 1 heterocycles. The van der Waals surface area contributed by atoms with Crippen molar-refractivity contribution in [2.24, 2.45) is 22.9 Å². The van der Waals surface area contributed by atoms with Crippen LogP contribution in [0.15, 0.2) is 41.5 Å². The average Bonchev–Trinajstić information content (AvgIpc) is 2.60. The first-order chi connectivity index (χ1) is 12.7. The summed E-state index contributed by atoms with van der Waals surface area (Å²) in [5.41, 5.74) is 4.30. The fourth-order valence-electron chi connectivity index (χ4n) is 5.84. The summed E-state index contributed by atoms with van der Waals surface area (Å²) < 4.78 is 0. The normalized spacial score (nSPS) is 32.2. The first-order valence-corrected chi connectivity index (χ1v) is 9.64. The second-order valence-corrected chi connectivity index (χ2v) is 8.45. The van der Waals surface area contributed by atoms with Crippen molar-refractivity contribution in [2.75, 3.05) is 0 Å². The van der Waals surface area contributed by atoms with Crippen LogP contribution in [0.5, 0.6) is 0 Å². The van der Waals surface area contributed by atoms with E-state index in [1.54, 1.807) is 6.21 Å². The van der Waals surface area contributed by atoms with Crippen LogP contribution in [0, 0.1) is 17.8 Å². The molecule has 4 bridgehead atoms. The highest BCUT2D eigenvalue weighted by atomic mass is 16.2. The lowest BCUT2D eigenvalue weighted by atomic mass is 9.53. The molecule has 0 radical (unpaired) electrons. The molecular weight excluding hydrogens is 324 g/mol. The fraction of sp³-hybridized carbons (Fsp3) is 0.476. The number of nitrogens with zero attached hydrogens (tertiary/aromatic N) is 2. The third-order valence-electron chi connectivity index (χ3n) is 6.40. The maximum Gasteiger partial charge on any atom is 0.335 e. The molecule has 1 aromatic heterocycles. The van der Waals surface area contributed by atoms with E-state index in [0.717, 1.165) is 53.6 Å². The molecule has 4 aliphatic rings. The van der Waals surface area contributed by atoms with Gasteiger partial charge in [-0.05, 0) is 68.4 Å². The van der Waals surface area contributed by atoms with E-state index in [1.165, 1.54) is 19.3 Å². The zero-order chi connectivity index (χ0) is 17.6. The number of fused-ring (bicyclic) bond motifs is 1. The van der Waals surface area contributed by atoms with E-state index in [-0.39, 0.29) is 11.6 Å². The molecule has 0 aliphatic heterocycles. The monoisotopic (exact) mass is 348 g/mol. The predicted molar refractivity (Wildman–Crippen MR) is 102 cm³/mol. The number of rotatable bonds is 3. The third kappa shape index (κ3) is 2.96. The molecule has 5 nitrogen and oxygen atoms in total. The fourth-order valence-corrected chi connectivity index (χ4v) is 5.84. The Morgan fingerprint density at radius 1 is 1.04 bits per heavy atom. The van der Waals surface area contributed by atoms with Crippen LogP contribution in [0.1, 0.15) is 44.2 Å². The van der Waals surface area contributed by atoms with Crippen LogP contribution >= 0.6 is 0 Å². The number of hydrogen-bond acceptors (Lipinski definition) is 3. The number of pyridine rings is 1. The van der Waals surface area contributed by atoms with Gasteiger partial charge in [0.15, 0.2) is 0 Å². The molecule has 2 amide bonds. The molecule has 4 aliphatic carbocycles. The first kappa shape index (κ1) is 15.8. The number of benzene rings is 1. The van der Waals surface area contributed by atoms with Crippen LogP contribution in [0.25, 0.3) is 10.9 Å². The largest absolute Gasteiger partial charge is 0.335 e. The Labute approximate surface area is 153 Å². The van der Waals surface area contributed by atoms with Gasteiger partial charge in [0, 0.05) is 10.9 Å². The molecule has 2 aromatic rings. The maximum atomic E-state index is 12.4. The van der Waals surface area contributed by atoms with Crippen LogP contribution in [0.4, 0.5) is 4.79 Å². The minimum absolute atomic E-state index is 0.00948. The Hall–Kier alpha value is -2.43. The number of hydrogen-bond donors (Lipinski definition) is 2. The Balaban J connectivity index is 1.22. The van der Waals surface area contributed by atoms with E-state index >= 15 is 0 Å². The van der Waals surface area contributed by atoms with Gasteiger partial charge in [-0.2, -0.15) is 5.10 Å². The number of urea groups is 1. The number of para-hydroxylation sites is 1. The first-order valence-electron chi connectivity index (χ1n) is 9.64. The second-order valence-electron chi connectivity index (χ2n) is 8.45. The van der Waals surface area contributed by atoms with Crippen molar-refractivity contribution >= 4 is 23.1 Å². The number of aromatic nitrogens is 1. The molecule has 0 saturated heterocycles. The molecule has 5 heteroatoms. The van der Waals surface area contributed by atoms with Gasteiger partial charge in [-0.3, -0.25) is 0 Å². The second kappa shape index (κ2) is 6.08. The lowest BCUT2D eigenvalue weighted by Crippen LogP contribution is -2.61. The lowest BCUT2D eigenvalue weighted by Gasteiger charge is -2.56. The van der Waals surface area contributed by atoms with E-state index in [0.29, 0.717) is 0 Å². The van der Waals surface area contributed by atoms with Crippen LogP contribution in [-0.4, -0.2) is 22.8 Å². The molecule has 0 atom stereocenters. The van der Waals surface area contributed by atoms with E-state index < -0.39 is 0 Å². The predicted octanol–water partition coefficient (Wildman–Crippen LogP) is 3.84. The lowest BCUT2D eigenvalue weighted by molar-refractivity contribution is -0.0135. The maximum absolute atomic E-state index is 12.4. The summed E-state index contributed by atoms with van der Waals surface area (Å²) in [6.07, 6.45) is 9.13. The molecule has 1 aromatic carbocycles. The number of nitrogens with one attached hydrogen (secondary N) is 2. The Bertz CT molecular complexity index is 840. The molecule has 26 heavy (non-hydrogen) atoms. The molecule has 4 fully saturated rings. The highest BCUT2D eigenvalue weighted by Crippen LogP contribution is 2.55.